The summed E-state index contributed by atoms with van der Waals surface area (Å²) in [5, 5.41) is 10.7. The van der Waals surface area contributed by atoms with E-state index in [1.54, 1.807) is 0 Å². The monoisotopic (exact) mass is 1530 g/mol. The summed E-state index contributed by atoms with van der Waals surface area (Å²) >= 11 is 0.407. The van der Waals surface area contributed by atoms with E-state index in [1.165, 1.54) is 149 Å². The van der Waals surface area contributed by atoms with E-state index < -0.39 is 0 Å². The first-order chi connectivity index (χ1) is 53.0. The van der Waals surface area contributed by atoms with Crippen molar-refractivity contribution in [3.05, 3.63) is 349 Å². The second kappa shape index (κ2) is 24.5. The van der Waals surface area contributed by atoms with Gasteiger partial charge >= 0.3 is 442 Å². The van der Waals surface area contributed by atoms with Gasteiger partial charge in [-0.05, 0) is 27.4 Å². The molecule has 0 radical (unpaired) electrons. The van der Waals surface area contributed by atoms with E-state index >= 15 is 0 Å². The van der Waals surface area contributed by atoms with Crippen molar-refractivity contribution in [3.63, 3.8) is 0 Å². The molecule has 6 heteroatoms. The first-order valence-corrected chi connectivity index (χ1v) is 41.8. The SMILES string of the molecule is CC(C)(C)c1cc(-c2ccccc2)c(N2c3cc(-n4c5ccccc5c5c6c(ccc54)[se]c4ccccc46)ccc3C3c4ccc(-n5c6ccccc6c6c7c(ccc65)[se]c5ccccc57)cc4N(c4c(-c5ccccc5)cc(C(C)(C)C)cc4-c4ccccc4)c4cc(C(C)(C)C)cc2c43)c(-c2ccccc2)c1. The van der Waals surface area contributed by atoms with Crippen LogP contribution in [0.5, 0.6) is 0 Å². The molecule has 524 valence electrons. The van der Waals surface area contributed by atoms with Crippen molar-refractivity contribution >= 4 is 145 Å². The number of aromatic nitrogens is 2. The molecule has 0 saturated heterocycles. The molecule has 2 aliphatic heterocycles. The van der Waals surface area contributed by atoms with Gasteiger partial charge in [0.2, 0.25) is 0 Å². The van der Waals surface area contributed by atoms with Gasteiger partial charge in [0, 0.05) is 0 Å². The summed E-state index contributed by atoms with van der Waals surface area (Å²) in [6.07, 6.45) is 0. The second-order valence-corrected chi connectivity index (χ2v) is 37.7. The van der Waals surface area contributed by atoms with Crippen molar-refractivity contribution in [3.8, 4) is 55.9 Å². The van der Waals surface area contributed by atoms with E-state index in [2.05, 4.69) is 397 Å². The average molecular weight is 1530 g/mol. The third kappa shape index (κ3) is 10.2. The molecule has 0 saturated carbocycles. The van der Waals surface area contributed by atoms with Crippen molar-refractivity contribution in [2.24, 2.45) is 0 Å². The number of rotatable bonds is 8. The number of benzene rings is 15. The van der Waals surface area contributed by atoms with Gasteiger partial charge in [-0.15, -0.1) is 0 Å². The Labute approximate surface area is 648 Å². The van der Waals surface area contributed by atoms with Crippen molar-refractivity contribution in [2.75, 3.05) is 9.80 Å². The van der Waals surface area contributed by atoms with Crippen LogP contribution in [0.15, 0.2) is 315 Å². The molecule has 0 amide bonds. The standard InChI is InChI=1S/C103H80N4Se2/c1-101(2,3)66-54-77(62-30-14-10-15-31-62)99(78(55-66)63-32-16-11-17-33-63)106-85-60-69(104-81-42-26-22-38-71(81)94-83(104)50-52-91-96(94)75-40-24-28-44-89(75)108-91)46-48-73(85)93-74-49-47-70(105-82-43-27-23-39-72(82)95-84(105)51-53-92-97(95)76-41-25-29-45-90(76)109-92)61-86(74)107(88-59-68(103(7,8)9)58-87(106)98(88)93)100-79(64-34-18-12-19-35-64)56-67(102(4,5)6)57-80(100)65-36-20-13-21-37-65/h10-61,93H,1-9H3. The Morgan fingerprint density at radius 2 is 0.578 bits per heavy atom. The van der Waals surface area contributed by atoms with Gasteiger partial charge in [0.1, 0.15) is 0 Å². The Kier molecular flexibility index (Phi) is 14.8. The molecule has 0 spiro atoms. The number of hydrogen-bond donors (Lipinski definition) is 0. The van der Waals surface area contributed by atoms with Crippen molar-refractivity contribution in [1.29, 1.82) is 0 Å². The quantitative estimate of drug-likeness (QED) is 0.141. The van der Waals surface area contributed by atoms with Crippen LogP contribution in [-0.2, 0) is 16.2 Å². The van der Waals surface area contributed by atoms with Crippen molar-refractivity contribution in [2.45, 2.75) is 84.5 Å². The van der Waals surface area contributed by atoms with E-state index in [9.17, 15) is 0 Å². The van der Waals surface area contributed by atoms with Crippen LogP contribution < -0.4 is 9.80 Å². The molecule has 19 aromatic rings. The van der Waals surface area contributed by atoms with E-state index in [4.69, 9.17) is 0 Å². The molecule has 0 atom stereocenters. The summed E-state index contributed by atoms with van der Waals surface area (Å²) in [6, 6.07) is 122. The van der Waals surface area contributed by atoms with Crippen molar-refractivity contribution < 1.29 is 0 Å². The molecule has 2 aliphatic rings. The van der Waals surface area contributed by atoms with Gasteiger partial charge in [0.25, 0.3) is 0 Å². The van der Waals surface area contributed by atoms with Gasteiger partial charge in [-0.1, -0.05) is 184 Å². The zero-order chi connectivity index (χ0) is 73.5. The van der Waals surface area contributed by atoms with Crippen LogP contribution in [0.2, 0.25) is 0 Å². The van der Waals surface area contributed by atoms with Gasteiger partial charge < -0.3 is 0 Å². The Morgan fingerprint density at radius 3 is 0.936 bits per heavy atom. The normalized spacial score (nSPS) is 13.3. The number of hydrogen-bond acceptors (Lipinski definition) is 2. The number of nitrogens with zero attached hydrogens (tertiary/aromatic N) is 4. The first kappa shape index (κ1) is 65.8. The van der Waals surface area contributed by atoms with E-state index in [0.717, 1.165) is 56.4 Å². The second-order valence-electron chi connectivity index (χ2n) is 33.1. The molecule has 0 fully saturated rings. The predicted molar refractivity (Wildman–Crippen MR) is 467 cm³/mol. The molecule has 0 N–H and O–H groups in total. The smallest absolute Gasteiger partial charge is 0.0622 e. The number of anilines is 6. The first-order valence-electron chi connectivity index (χ1n) is 38.3. The molecule has 4 aromatic heterocycles. The Balaban J connectivity index is 0.941. The molecule has 0 bridgehead atoms. The summed E-state index contributed by atoms with van der Waals surface area (Å²) in [6.45, 7) is 21.5. The number of fused-ring (bicyclic) bond motifs is 18. The summed E-state index contributed by atoms with van der Waals surface area (Å²) < 4.78 is 11.0. The zero-order valence-corrected chi connectivity index (χ0v) is 66.1. The molecule has 109 heavy (non-hydrogen) atoms. The fraction of sp³-hybridized carbons (Fsp3) is 0.126. The molecular formula is C103H80N4Se2. The molecule has 6 heterocycles. The Hall–Kier alpha value is -11.5. The van der Waals surface area contributed by atoms with Crippen LogP contribution in [0, 0.1) is 0 Å². The Morgan fingerprint density at radius 1 is 0.257 bits per heavy atom. The fourth-order valence-electron chi connectivity index (χ4n) is 18.2. The van der Waals surface area contributed by atoms with E-state index in [0.29, 0.717) is 0 Å². The summed E-state index contributed by atoms with van der Waals surface area (Å²) in [5.74, 6) is -0.247. The van der Waals surface area contributed by atoms with Crippen LogP contribution in [0.25, 0.3) is 138 Å². The van der Waals surface area contributed by atoms with Crippen molar-refractivity contribution in [1.82, 2.24) is 9.13 Å². The third-order valence-electron chi connectivity index (χ3n) is 23.5. The molecule has 21 rings (SSSR count). The maximum atomic E-state index is 2.76. The molecule has 0 unspecified atom stereocenters. The minimum absolute atomic E-state index is 0.197. The van der Waals surface area contributed by atoms with Crippen LogP contribution in [0.1, 0.15) is 102 Å². The summed E-state index contributed by atoms with van der Waals surface area (Å²) in [5.41, 5.74) is 30.2. The van der Waals surface area contributed by atoms with E-state index in [1.807, 2.05) is 0 Å². The zero-order valence-electron chi connectivity index (χ0n) is 62.7. The van der Waals surface area contributed by atoms with Crippen LogP contribution >= 0.6 is 0 Å². The van der Waals surface area contributed by atoms with Gasteiger partial charge in [0.15, 0.2) is 0 Å². The van der Waals surface area contributed by atoms with Gasteiger partial charge in [-0.3, -0.25) is 0 Å². The topological polar surface area (TPSA) is 16.3 Å². The van der Waals surface area contributed by atoms with Gasteiger partial charge in [0.05, 0.1) is 0 Å². The molecule has 0 aliphatic carbocycles. The van der Waals surface area contributed by atoms with Gasteiger partial charge in [-0.2, -0.15) is 0 Å². The number of para-hydroxylation sites is 2. The molecule has 15 aromatic carbocycles. The molecular weight excluding hydrogens is 1450 g/mol. The predicted octanol–water partition coefficient (Wildman–Crippen LogP) is 27.9. The Bertz CT molecular complexity index is 6440. The summed E-state index contributed by atoms with van der Waals surface area (Å²) in [7, 11) is 0. The minimum atomic E-state index is -0.337. The van der Waals surface area contributed by atoms with E-state index in [-0.39, 0.29) is 51.2 Å². The van der Waals surface area contributed by atoms with Crippen LogP contribution in [-0.4, -0.2) is 38.1 Å². The van der Waals surface area contributed by atoms with Crippen LogP contribution in [0.4, 0.5) is 34.1 Å². The van der Waals surface area contributed by atoms with Gasteiger partial charge in [-0.25, -0.2) is 0 Å². The third-order valence-corrected chi connectivity index (χ3v) is 28.3. The maximum absolute atomic E-state index is 2.76. The molecule has 4 nitrogen and oxygen atoms in total. The fourth-order valence-corrected chi connectivity index (χ4v) is 22.9. The average Bonchev–Trinajstić information content (AvgIpc) is 1.29. The van der Waals surface area contributed by atoms with Crippen LogP contribution in [0.3, 0.4) is 0 Å². The summed E-state index contributed by atoms with van der Waals surface area (Å²) in [4.78, 5) is 5.52. The minimum Gasteiger partial charge on any atom is -0.0622 e.